The highest BCUT2D eigenvalue weighted by Gasteiger charge is 2.12. The number of hydrogen-bond acceptors (Lipinski definition) is 4. The van der Waals surface area contributed by atoms with Gasteiger partial charge < -0.3 is 4.42 Å². The lowest BCUT2D eigenvalue weighted by Crippen LogP contribution is -2.24. The Kier molecular flexibility index (Phi) is 2.70. The Morgan fingerprint density at radius 3 is 2.68 bits per heavy atom. The van der Waals surface area contributed by atoms with Crippen LogP contribution in [0.25, 0.3) is 11.1 Å². The smallest absolute Gasteiger partial charge is 0.337 e. The topological polar surface area (TPSA) is 95.9 Å². The molecule has 0 aliphatic heterocycles. The van der Waals surface area contributed by atoms with Gasteiger partial charge in [0.05, 0.1) is 0 Å². The summed E-state index contributed by atoms with van der Waals surface area (Å²) in [5.74, 6) is 0. The number of aromatic nitrogens is 2. The second kappa shape index (κ2) is 4.38. The van der Waals surface area contributed by atoms with Crippen molar-refractivity contribution in [3.8, 4) is 0 Å². The Bertz CT molecular complexity index is 833. The predicted octanol–water partition coefficient (Wildman–Crippen LogP) is 0.822. The molecule has 98 valence electrons. The van der Waals surface area contributed by atoms with Crippen LogP contribution in [0.5, 0.6) is 0 Å². The Morgan fingerprint density at radius 1 is 1.16 bits per heavy atom. The number of aryl methyl sites for hydroxylation is 1. The molecule has 0 saturated carbocycles. The van der Waals surface area contributed by atoms with Crippen molar-refractivity contribution in [1.82, 2.24) is 9.97 Å². The second-order valence-corrected chi connectivity index (χ2v) is 4.62. The van der Waals surface area contributed by atoms with Crippen LogP contribution < -0.4 is 16.9 Å². The van der Waals surface area contributed by atoms with Crippen LogP contribution in [-0.4, -0.2) is 9.97 Å². The minimum Gasteiger partial charge on any atom is -0.405 e. The quantitative estimate of drug-likeness (QED) is 0.795. The van der Waals surface area contributed by atoms with E-state index in [1.165, 1.54) is 11.6 Å². The number of rotatable bonds is 4. The van der Waals surface area contributed by atoms with Gasteiger partial charge in [0.25, 0.3) is 5.56 Å². The molecule has 0 bridgehead atoms. The highest BCUT2D eigenvalue weighted by atomic mass is 16.4. The van der Waals surface area contributed by atoms with Gasteiger partial charge in [-0.2, -0.15) is 0 Å². The molecule has 2 N–H and O–H groups in total. The molecule has 0 atom stereocenters. The van der Waals surface area contributed by atoms with Crippen molar-refractivity contribution < 1.29 is 4.42 Å². The van der Waals surface area contributed by atoms with Gasteiger partial charge >= 0.3 is 11.3 Å². The zero-order valence-electron chi connectivity index (χ0n) is 10.1. The minimum absolute atomic E-state index is 0.0538. The van der Waals surface area contributed by atoms with Gasteiger partial charge in [-0.3, -0.25) is 14.8 Å². The predicted molar refractivity (Wildman–Crippen MR) is 69.4 cm³/mol. The molecule has 2 heterocycles. The lowest BCUT2D eigenvalue weighted by molar-refractivity contribution is 0.544. The molecule has 0 spiro atoms. The maximum Gasteiger partial charge on any atom is 0.337 e. The maximum absolute atomic E-state index is 11.8. The van der Waals surface area contributed by atoms with Crippen molar-refractivity contribution in [1.29, 1.82) is 0 Å². The highest BCUT2D eigenvalue weighted by Crippen LogP contribution is 2.24. The van der Waals surface area contributed by atoms with Crippen molar-refractivity contribution in [2.24, 2.45) is 0 Å². The van der Waals surface area contributed by atoms with Crippen LogP contribution >= 0.6 is 0 Å². The summed E-state index contributed by atoms with van der Waals surface area (Å²) in [5, 5.41) is 0.254. The van der Waals surface area contributed by atoms with Crippen LogP contribution in [0, 0.1) is 0 Å². The third-order valence-electron chi connectivity index (χ3n) is 3.16. The van der Waals surface area contributed by atoms with E-state index in [1.54, 1.807) is 0 Å². The van der Waals surface area contributed by atoms with Crippen molar-refractivity contribution in [3.05, 3.63) is 54.5 Å². The van der Waals surface area contributed by atoms with Crippen molar-refractivity contribution in [2.45, 2.75) is 25.7 Å². The molecule has 1 aliphatic rings. The van der Waals surface area contributed by atoms with E-state index in [1.807, 2.05) is 0 Å². The second-order valence-electron chi connectivity index (χ2n) is 4.62. The summed E-state index contributed by atoms with van der Waals surface area (Å²) in [6.07, 6.45) is 5.67. The average Bonchev–Trinajstić information content (AvgIpc) is 3.11. The summed E-state index contributed by atoms with van der Waals surface area (Å²) in [4.78, 5) is 38.9. The molecule has 0 fully saturated rings. The molecule has 1 aliphatic carbocycles. The first kappa shape index (κ1) is 11.7. The van der Waals surface area contributed by atoms with Gasteiger partial charge in [0, 0.05) is 6.07 Å². The van der Waals surface area contributed by atoms with Crippen LogP contribution in [-0.2, 0) is 6.42 Å². The monoisotopic (exact) mass is 260 g/mol. The zero-order valence-corrected chi connectivity index (χ0v) is 10.1. The first-order valence-corrected chi connectivity index (χ1v) is 6.11. The molecule has 0 saturated heterocycles. The fourth-order valence-corrected chi connectivity index (χ4v) is 2.16. The number of fused-ring (bicyclic) bond motifs is 1. The standard InChI is InChI=1S/C13H12N2O4/c16-9-6-8(3-1-2-7-4-5-7)10-11(17)14-13(18)15-12(10)19-9/h4,6H,1-3,5H2,(H2,14,15,17,18). The summed E-state index contributed by atoms with van der Waals surface area (Å²) < 4.78 is 4.86. The molecule has 3 rings (SSSR count). The first-order chi connectivity index (χ1) is 9.13. The van der Waals surface area contributed by atoms with E-state index in [0.29, 0.717) is 12.0 Å². The van der Waals surface area contributed by atoms with Gasteiger partial charge in [-0.1, -0.05) is 11.6 Å². The maximum atomic E-state index is 11.8. The SMILES string of the molecule is O=c1[nH]c(=O)c2c(CCCC3=CC3)cc(=O)oc2[nH]1. The molecule has 6 heteroatoms. The molecule has 6 nitrogen and oxygen atoms in total. The fourth-order valence-electron chi connectivity index (χ4n) is 2.16. The van der Waals surface area contributed by atoms with Crippen LogP contribution in [0.2, 0.25) is 0 Å². The van der Waals surface area contributed by atoms with E-state index in [-0.39, 0.29) is 11.1 Å². The molecule has 0 amide bonds. The summed E-state index contributed by atoms with van der Waals surface area (Å²) in [5.41, 5.74) is 0.208. The summed E-state index contributed by atoms with van der Waals surface area (Å²) >= 11 is 0. The molecule has 0 unspecified atom stereocenters. The molecule has 19 heavy (non-hydrogen) atoms. The van der Waals surface area contributed by atoms with Gasteiger partial charge in [-0.15, -0.1) is 0 Å². The van der Waals surface area contributed by atoms with Gasteiger partial charge in [0.2, 0.25) is 5.71 Å². The molecule has 0 radical (unpaired) electrons. The normalized spacial score (nSPS) is 13.6. The van der Waals surface area contributed by atoms with E-state index in [2.05, 4.69) is 16.0 Å². The lowest BCUT2D eigenvalue weighted by atomic mass is 10.1. The largest absolute Gasteiger partial charge is 0.405 e. The van der Waals surface area contributed by atoms with E-state index in [4.69, 9.17) is 4.42 Å². The van der Waals surface area contributed by atoms with Crippen LogP contribution in [0.4, 0.5) is 0 Å². The number of H-pyrrole nitrogens is 2. The van der Waals surface area contributed by atoms with Crippen LogP contribution in [0.1, 0.15) is 24.8 Å². The van der Waals surface area contributed by atoms with Crippen LogP contribution in [0.15, 0.2) is 36.5 Å². The van der Waals surface area contributed by atoms with E-state index in [0.717, 1.165) is 19.3 Å². The van der Waals surface area contributed by atoms with Crippen molar-refractivity contribution in [3.63, 3.8) is 0 Å². The zero-order chi connectivity index (χ0) is 13.4. The molecular formula is C13H12N2O4. The Morgan fingerprint density at radius 2 is 1.95 bits per heavy atom. The number of aromatic amines is 2. The third-order valence-corrected chi connectivity index (χ3v) is 3.16. The molecule has 2 aromatic rings. The lowest BCUT2D eigenvalue weighted by Gasteiger charge is -2.03. The Hall–Kier alpha value is -2.37. The van der Waals surface area contributed by atoms with Gasteiger partial charge in [0.1, 0.15) is 5.39 Å². The summed E-state index contributed by atoms with van der Waals surface area (Å²) in [6, 6.07) is 1.32. The summed E-state index contributed by atoms with van der Waals surface area (Å²) in [6.45, 7) is 0. The highest BCUT2D eigenvalue weighted by molar-refractivity contribution is 5.75. The minimum atomic E-state index is -0.680. The van der Waals surface area contributed by atoms with E-state index in [9.17, 15) is 14.4 Å². The molecule has 2 aromatic heterocycles. The number of allylic oxidation sites excluding steroid dienone is 2. The third kappa shape index (κ3) is 2.42. The van der Waals surface area contributed by atoms with Gasteiger partial charge in [-0.25, -0.2) is 9.59 Å². The number of hydrogen-bond donors (Lipinski definition) is 2. The molecule has 0 aromatic carbocycles. The Balaban J connectivity index is 2.05. The van der Waals surface area contributed by atoms with Crippen molar-refractivity contribution in [2.75, 3.05) is 0 Å². The summed E-state index contributed by atoms with van der Waals surface area (Å²) in [7, 11) is 0. The number of nitrogens with one attached hydrogen (secondary N) is 2. The fraction of sp³-hybridized carbons (Fsp3) is 0.308. The van der Waals surface area contributed by atoms with E-state index < -0.39 is 16.9 Å². The molecular weight excluding hydrogens is 248 g/mol. The van der Waals surface area contributed by atoms with E-state index >= 15 is 0 Å². The average molecular weight is 260 g/mol. The van der Waals surface area contributed by atoms with Gasteiger partial charge in [0.15, 0.2) is 0 Å². The van der Waals surface area contributed by atoms with Gasteiger partial charge in [-0.05, 0) is 31.2 Å². The first-order valence-electron chi connectivity index (χ1n) is 6.11. The Labute approximate surface area is 106 Å². The van der Waals surface area contributed by atoms with Crippen LogP contribution in [0.3, 0.4) is 0 Å². The van der Waals surface area contributed by atoms with Crippen molar-refractivity contribution >= 4 is 11.1 Å².